The number of halogens is 2. The Morgan fingerprint density at radius 2 is 2.15 bits per heavy atom. The third-order valence-electron chi connectivity index (χ3n) is 2.51. The molecule has 5 nitrogen and oxygen atoms in total. The summed E-state index contributed by atoms with van der Waals surface area (Å²) in [4.78, 5) is 17.3. The molecule has 0 saturated carbocycles. The lowest BCUT2D eigenvalue weighted by molar-refractivity contribution is -0.132. The Morgan fingerprint density at radius 1 is 1.50 bits per heavy atom. The molecular weight excluding hydrogens is 299 g/mol. The van der Waals surface area contributed by atoms with Crippen molar-refractivity contribution in [3.63, 3.8) is 0 Å². The maximum Gasteiger partial charge on any atom is 0.292 e. The molecule has 0 aliphatic carbocycles. The number of anilines is 1. The summed E-state index contributed by atoms with van der Waals surface area (Å²) in [5.41, 5.74) is 1.05. The summed E-state index contributed by atoms with van der Waals surface area (Å²) in [6, 6.07) is 1.69. The minimum absolute atomic E-state index is 0.0176. The molecule has 7 heteroatoms. The van der Waals surface area contributed by atoms with Crippen molar-refractivity contribution < 1.29 is 10.2 Å². The molecule has 20 heavy (non-hydrogen) atoms. The van der Waals surface area contributed by atoms with Gasteiger partial charge in [-0.1, -0.05) is 25.4 Å². The number of nitrogens with zero attached hydrogens (tertiary/aromatic N) is 2. The summed E-state index contributed by atoms with van der Waals surface area (Å²) >= 11 is 11.7. The summed E-state index contributed by atoms with van der Waals surface area (Å²) in [5, 5.41) is 9.08. The first kappa shape index (κ1) is 16.5. The number of pyridine rings is 1. The zero-order valence-corrected chi connectivity index (χ0v) is 13.0. The number of carbonyl (C=O) groups excluding carboxylic acids is 1. The van der Waals surface area contributed by atoms with Crippen LogP contribution in [0.1, 0.15) is 13.8 Å². The van der Waals surface area contributed by atoms with E-state index in [2.05, 4.69) is 10.3 Å². The maximum atomic E-state index is 12.0. The van der Waals surface area contributed by atoms with Gasteiger partial charge in [0.2, 0.25) is 5.91 Å². The van der Waals surface area contributed by atoms with E-state index >= 15 is 0 Å². The van der Waals surface area contributed by atoms with Crippen molar-refractivity contribution in [1.82, 2.24) is 9.88 Å². The van der Waals surface area contributed by atoms with Crippen molar-refractivity contribution in [1.29, 1.82) is 0 Å². The second-order valence-corrected chi connectivity index (χ2v) is 5.31. The van der Waals surface area contributed by atoms with Crippen molar-refractivity contribution in [2.45, 2.75) is 13.8 Å². The Labute approximate surface area is 128 Å². The second kappa shape index (κ2) is 7.26. The minimum Gasteiger partial charge on any atom is -0.358 e. The van der Waals surface area contributed by atoms with E-state index in [4.69, 9.17) is 28.6 Å². The van der Waals surface area contributed by atoms with Crippen LogP contribution in [0.15, 0.2) is 30.4 Å². The lowest BCUT2D eigenvalue weighted by Gasteiger charge is -2.19. The fraction of sp³-hybridized carbons (Fsp3) is 0.308. The Morgan fingerprint density at radius 3 is 2.65 bits per heavy atom. The molecule has 1 rings (SSSR count). The molecule has 1 aromatic heterocycles. The zero-order valence-electron chi connectivity index (χ0n) is 11.5. The smallest absolute Gasteiger partial charge is 0.292 e. The number of aromatic nitrogens is 1. The highest BCUT2D eigenvalue weighted by molar-refractivity contribution is 6.67. The average molecular weight is 316 g/mol. The first-order chi connectivity index (χ1) is 9.32. The van der Waals surface area contributed by atoms with E-state index in [1.54, 1.807) is 33.2 Å². The van der Waals surface area contributed by atoms with E-state index in [9.17, 15) is 4.79 Å². The van der Waals surface area contributed by atoms with E-state index in [0.29, 0.717) is 16.4 Å². The third kappa shape index (κ3) is 4.51. The number of nitrogens with one attached hydrogen (secondary N) is 1. The van der Waals surface area contributed by atoms with Gasteiger partial charge in [-0.15, -0.1) is 0 Å². The summed E-state index contributed by atoms with van der Waals surface area (Å²) in [5.74, 6) is -0.252. The van der Waals surface area contributed by atoms with Crippen LogP contribution in [0, 0.1) is 5.92 Å². The molecule has 0 fully saturated rings. The number of allylic oxidation sites excluding steroid dienone is 1. The lowest BCUT2D eigenvalue weighted by atomic mass is 10.2. The molecule has 0 spiro atoms. The fourth-order valence-electron chi connectivity index (χ4n) is 1.47. The summed E-state index contributed by atoms with van der Waals surface area (Å²) < 4.78 is 0. The predicted molar refractivity (Wildman–Crippen MR) is 81.3 cm³/mol. The highest BCUT2D eigenvalue weighted by Gasteiger charge is 2.21. The number of rotatable bonds is 5. The first-order valence-corrected chi connectivity index (χ1v) is 6.71. The Kier molecular flexibility index (Phi) is 5.98. The number of nitrogens with two attached hydrogens (primary N) is 1. The van der Waals surface area contributed by atoms with Crippen LogP contribution in [-0.4, -0.2) is 28.0 Å². The van der Waals surface area contributed by atoms with Crippen molar-refractivity contribution in [2.75, 3.05) is 12.4 Å². The monoisotopic (exact) mass is 315 g/mol. The van der Waals surface area contributed by atoms with Crippen LogP contribution < -0.4 is 10.7 Å². The average Bonchev–Trinajstić information content (AvgIpc) is 2.37. The van der Waals surface area contributed by atoms with Crippen LogP contribution in [0.3, 0.4) is 0 Å². The minimum atomic E-state index is -0.160. The van der Waals surface area contributed by atoms with Gasteiger partial charge in [0.15, 0.2) is 0 Å². The molecule has 0 saturated heterocycles. The number of carbonyl (C=O) groups is 1. The van der Waals surface area contributed by atoms with E-state index in [-0.39, 0.29) is 17.0 Å². The quantitative estimate of drug-likeness (QED) is 0.809. The topological polar surface area (TPSA) is 70.8 Å². The van der Waals surface area contributed by atoms with Gasteiger partial charge in [-0.2, -0.15) is 0 Å². The molecule has 1 aromatic rings. The molecular formula is C13H17Cl2N4O+. The lowest BCUT2D eigenvalue weighted by Crippen LogP contribution is -2.43. The molecule has 1 heterocycles. The maximum absolute atomic E-state index is 12.0. The standard InChI is InChI=1S/C13H16Cl2N4O/c1-8(2)13(20)19(3)11(12(15)16)7-18-10-4-9(14)5-17-6-10/h4-8,16,18H,1-3H3/p+1/b11-7+,16-12?. The van der Waals surface area contributed by atoms with Gasteiger partial charge >= 0.3 is 0 Å². The van der Waals surface area contributed by atoms with Gasteiger partial charge < -0.3 is 10.2 Å². The number of hydrogen-bond donors (Lipinski definition) is 2. The van der Waals surface area contributed by atoms with Gasteiger partial charge in [-0.05, 0) is 17.7 Å². The second-order valence-electron chi connectivity index (χ2n) is 4.47. The normalized spacial score (nSPS) is 11.4. The SMILES string of the molecule is CC(C)C(=O)N(C)/C(=C/Nc1cncc(Cl)c1)C(=[NH2+])Cl. The summed E-state index contributed by atoms with van der Waals surface area (Å²) in [6.45, 7) is 3.60. The molecule has 108 valence electrons. The molecule has 0 unspecified atom stereocenters. The van der Waals surface area contributed by atoms with Gasteiger partial charge in [0.05, 0.1) is 16.9 Å². The van der Waals surface area contributed by atoms with Gasteiger partial charge in [-0.25, -0.2) is 5.41 Å². The zero-order chi connectivity index (χ0) is 15.3. The van der Waals surface area contributed by atoms with Crippen molar-refractivity contribution in [2.24, 2.45) is 5.92 Å². The molecule has 0 aromatic carbocycles. The molecule has 0 aliphatic heterocycles. The molecule has 0 radical (unpaired) electrons. The largest absolute Gasteiger partial charge is 0.358 e. The molecule has 1 amide bonds. The Balaban J connectivity index is 2.94. The van der Waals surface area contributed by atoms with Gasteiger partial charge in [0, 0.05) is 25.4 Å². The van der Waals surface area contributed by atoms with Crippen molar-refractivity contribution in [3.8, 4) is 0 Å². The van der Waals surface area contributed by atoms with Crippen LogP contribution in [-0.2, 0) is 4.79 Å². The molecule has 3 N–H and O–H groups in total. The summed E-state index contributed by atoms with van der Waals surface area (Å²) in [7, 11) is 1.61. The summed E-state index contributed by atoms with van der Waals surface area (Å²) in [6.07, 6.45) is 4.65. The van der Waals surface area contributed by atoms with E-state index in [1.807, 2.05) is 0 Å². The fourth-order valence-corrected chi connectivity index (χ4v) is 1.83. The molecule has 0 aliphatic rings. The van der Waals surface area contributed by atoms with Crippen molar-refractivity contribution in [3.05, 3.63) is 35.4 Å². The Bertz CT molecular complexity index is 543. The van der Waals surface area contributed by atoms with Crippen LogP contribution in [0.5, 0.6) is 0 Å². The van der Waals surface area contributed by atoms with Crippen molar-refractivity contribution >= 4 is 40.0 Å². The van der Waals surface area contributed by atoms with Crippen LogP contribution in [0.25, 0.3) is 0 Å². The van der Waals surface area contributed by atoms with Gasteiger partial charge in [0.1, 0.15) is 5.70 Å². The van der Waals surface area contributed by atoms with Crippen LogP contribution >= 0.6 is 23.2 Å². The molecule has 0 atom stereocenters. The highest BCUT2D eigenvalue weighted by atomic mass is 35.5. The van der Waals surface area contributed by atoms with E-state index in [0.717, 1.165) is 0 Å². The highest BCUT2D eigenvalue weighted by Crippen LogP contribution is 2.15. The van der Waals surface area contributed by atoms with Crippen LogP contribution in [0.2, 0.25) is 5.02 Å². The van der Waals surface area contributed by atoms with Gasteiger partial charge in [-0.3, -0.25) is 9.78 Å². The number of hydrogen-bond acceptors (Lipinski definition) is 3. The van der Waals surface area contributed by atoms with Crippen LogP contribution in [0.4, 0.5) is 5.69 Å². The Hall–Kier alpha value is -1.59. The molecule has 0 bridgehead atoms. The van der Waals surface area contributed by atoms with Gasteiger partial charge in [0.25, 0.3) is 5.17 Å². The van der Waals surface area contributed by atoms with E-state index < -0.39 is 0 Å². The third-order valence-corrected chi connectivity index (χ3v) is 2.91. The first-order valence-electron chi connectivity index (χ1n) is 5.96. The number of amides is 1. The predicted octanol–water partition coefficient (Wildman–Crippen LogP) is 1.50. The van der Waals surface area contributed by atoms with E-state index in [1.165, 1.54) is 17.3 Å².